The Morgan fingerprint density at radius 3 is 2.39 bits per heavy atom. The molecule has 178 valence electrons. The molecule has 1 aliphatic rings. The van der Waals surface area contributed by atoms with E-state index in [1.54, 1.807) is 38.8 Å². The lowest BCUT2D eigenvalue weighted by atomic mass is 9.98. The van der Waals surface area contributed by atoms with Gasteiger partial charge in [-0.05, 0) is 53.1 Å². The molecule has 0 bridgehead atoms. The Labute approximate surface area is 187 Å². The molecule has 2 amide bonds. The van der Waals surface area contributed by atoms with Gasteiger partial charge in [0.05, 0.1) is 24.8 Å². The van der Waals surface area contributed by atoms with Gasteiger partial charge in [-0.2, -0.15) is 0 Å². The highest BCUT2D eigenvalue weighted by Crippen LogP contribution is 2.18. The highest BCUT2D eigenvalue weighted by Gasteiger charge is 2.35. The SMILES string of the molecule is CCOC(=O)/C(C)=C/[C@H](C(C)C)N(C)C(=O)[C@@H](NC(=O)[C@H]1CCCCN1C)[C@@H](C)OC. The third kappa shape index (κ3) is 7.61. The van der Waals surface area contributed by atoms with Crippen LogP contribution in [-0.4, -0.2) is 86.2 Å². The van der Waals surface area contributed by atoms with Crippen LogP contribution in [0.4, 0.5) is 0 Å². The molecule has 1 aliphatic heterocycles. The van der Waals surface area contributed by atoms with E-state index in [0.29, 0.717) is 12.2 Å². The number of carbonyl (C=O) groups is 3. The van der Waals surface area contributed by atoms with Crippen LogP contribution in [0.15, 0.2) is 11.6 Å². The van der Waals surface area contributed by atoms with Crippen LogP contribution in [-0.2, 0) is 23.9 Å². The van der Waals surface area contributed by atoms with Crippen molar-refractivity contribution in [2.24, 2.45) is 5.92 Å². The van der Waals surface area contributed by atoms with E-state index >= 15 is 0 Å². The highest BCUT2D eigenvalue weighted by molar-refractivity contribution is 5.91. The number of nitrogens with one attached hydrogen (secondary N) is 1. The maximum absolute atomic E-state index is 13.4. The summed E-state index contributed by atoms with van der Waals surface area (Å²) in [5, 5.41) is 2.93. The number of nitrogens with zero attached hydrogens (tertiary/aromatic N) is 2. The van der Waals surface area contributed by atoms with E-state index in [1.165, 1.54) is 7.11 Å². The Balaban J connectivity index is 3.06. The Morgan fingerprint density at radius 1 is 1.23 bits per heavy atom. The smallest absolute Gasteiger partial charge is 0.333 e. The number of rotatable bonds is 10. The van der Waals surface area contributed by atoms with Crippen molar-refractivity contribution in [1.29, 1.82) is 0 Å². The third-order valence-electron chi connectivity index (χ3n) is 5.97. The van der Waals surface area contributed by atoms with Crippen molar-refractivity contribution < 1.29 is 23.9 Å². The molecule has 1 N–H and O–H groups in total. The van der Waals surface area contributed by atoms with E-state index in [4.69, 9.17) is 9.47 Å². The topological polar surface area (TPSA) is 88.2 Å². The molecular formula is C23H41N3O5. The summed E-state index contributed by atoms with van der Waals surface area (Å²) in [5.41, 5.74) is 0.449. The van der Waals surface area contributed by atoms with Crippen molar-refractivity contribution in [2.45, 2.75) is 78.1 Å². The number of amides is 2. The van der Waals surface area contributed by atoms with Crippen LogP contribution in [0.2, 0.25) is 0 Å². The third-order valence-corrected chi connectivity index (χ3v) is 5.97. The minimum atomic E-state index is -0.824. The number of esters is 1. The first-order valence-electron chi connectivity index (χ1n) is 11.2. The molecule has 1 saturated heterocycles. The number of methoxy groups -OCH3 is 1. The van der Waals surface area contributed by atoms with E-state index in [2.05, 4.69) is 5.32 Å². The molecule has 1 rings (SSSR count). The molecule has 0 aromatic carbocycles. The van der Waals surface area contributed by atoms with Gasteiger partial charge in [-0.1, -0.05) is 26.3 Å². The number of ether oxygens (including phenoxy) is 2. The van der Waals surface area contributed by atoms with Gasteiger partial charge in [-0.15, -0.1) is 0 Å². The quantitative estimate of drug-likeness (QED) is 0.414. The van der Waals surface area contributed by atoms with Crippen LogP contribution in [0.25, 0.3) is 0 Å². The summed E-state index contributed by atoms with van der Waals surface area (Å²) in [6, 6.07) is -1.40. The van der Waals surface area contributed by atoms with E-state index < -0.39 is 18.1 Å². The molecule has 8 nitrogen and oxygen atoms in total. The van der Waals surface area contributed by atoms with Crippen molar-refractivity contribution in [1.82, 2.24) is 15.1 Å². The first-order chi connectivity index (χ1) is 14.5. The molecule has 4 atom stereocenters. The predicted octanol–water partition coefficient (Wildman–Crippen LogP) is 1.98. The fourth-order valence-electron chi connectivity index (χ4n) is 3.86. The lowest BCUT2D eigenvalue weighted by molar-refractivity contribution is -0.142. The molecule has 0 saturated carbocycles. The number of carbonyl (C=O) groups excluding carboxylic acids is 3. The maximum Gasteiger partial charge on any atom is 0.333 e. The number of hydrogen-bond acceptors (Lipinski definition) is 6. The Hall–Kier alpha value is -1.93. The van der Waals surface area contributed by atoms with Gasteiger partial charge in [0.1, 0.15) is 6.04 Å². The van der Waals surface area contributed by atoms with Crippen molar-refractivity contribution in [3.05, 3.63) is 11.6 Å². The monoisotopic (exact) mass is 439 g/mol. The summed E-state index contributed by atoms with van der Waals surface area (Å²) in [7, 11) is 5.15. The Bertz CT molecular complexity index is 649. The molecule has 0 aromatic heterocycles. The number of piperidine rings is 1. The number of likely N-dealkylation sites (tertiary alicyclic amines) is 1. The van der Waals surface area contributed by atoms with Crippen LogP contribution in [0, 0.1) is 5.92 Å². The number of hydrogen-bond donors (Lipinski definition) is 1. The molecule has 0 spiro atoms. The minimum Gasteiger partial charge on any atom is -0.463 e. The average molecular weight is 440 g/mol. The standard InChI is InChI=1S/C23H41N3O5/c1-9-31-23(29)16(4)14-19(15(2)3)26(7)22(28)20(17(5)30-8)24-21(27)18-12-10-11-13-25(18)6/h14-15,17-20H,9-13H2,1-8H3,(H,24,27)/b16-14+/t17-,18-,19-,20+/m1/s1. The first-order valence-corrected chi connectivity index (χ1v) is 11.2. The summed E-state index contributed by atoms with van der Waals surface area (Å²) >= 11 is 0. The zero-order valence-corrected chi connectivity index (χ0v) is 20.4. The first kappa shape index (κ1) is 27.1. The van der Waals surface area contributed by atoms with Gasteiger partial charge in [0.2, 0.25) is 11.8 Å². The van der Waals surface area contributed by atoms with Gasteiger partial charge in [-0.25, -0.2) is 4.79 Å². The van der Waals surface area contributed by atoms with Gasteiger partial charge < -0.3 is 19.7 Å². The van der Waals surface area contributed by atoms with Crippen molar-refractivity contribution in [3.8, 4) is 0 Å². The maximum atomic E-state index is 13.4. The van der Waals surface area contributed by atoms with E-state index in [-0.39, 0.29) is 29.8 Å². The molecule has 1 heterocycles. The lowest BCUT2D eigenvalue weighted by Gasteiger charge is -2.36. The zero-order chi connectivity index (χ0) is 23.7. The summed E-state index contributed by atoms with van der Waals surface area (Å²) in [5.74, 6) is -0.758. The molecule has 0 aliphatic carbocycles. The van der Waals surface area contributed by atoms with Crippen molar-refractivity contribution in [2.75, 3.05) is 34.4 Å². The molecular weight excluding hydrogens is 398 g/mol. The molecule has 31 heavy (non-hydrogen) atoms. The predicted molar refractivity (Wildman–Crippen MR) is 120 cm³/mol. The van der Waals surface area contributed by atoms with Crippen LogP contribution < -0.4 is 5.32 Å². The van der Waals surface area contributed by atoms with Crippen LogP contribution in [0.5, 0.6) is 0 Å². The second kappa shape index (κ2) is 12.8. The summed E-state index contributed by atoms with van der Waals surface area (Å²) in [6.45, 7) is 10.3. The molecule has 0 radical (unpaired) electrons. The lowest BCUT2D eigenvalue weighted by Crippen LogP contribution is -2.59. The largest absolute Gasteiger partial charge is 0.463 e. The molecule has 0 unspecified atom stereocenters. The second-order valence-corrected chi connectivity index (χ2v) is 8.67. The van der Waals surface area contributed by atoms with Gasteiger partial charge in [-0.3, -0.25) is 14.5 Å². The molecule has 0 aromatic rings. The Kier molecular flexibility index (Phi) is 11.2. The molecule has 1 fully saturated rings. The normalized spacial score (nSPS) is 20.7. The summed E-state index contributed by atoms with van der Waals surface area (Å²) in [6.07, 6.45) is 4.09. The Morgan fingerprint density at radius 2 is 1.87 bits per heavy atom. The highest BCUT2D eigenvalue weighted by atomic mass is 16.5. The van der Waals surface area contributed by atoms with Gasteiger partial charge >= 0.3 is 5.97 Å². The minimum absolute atomic E-state index is 0.0528. The van der Waals surface area contributed by atoms with Crippen LogP contribution >= 0.6 is 0 Å². The van der Waals surface area contributed by atoms with Gasteiger partial charge in [0.15, 0.2) is 0 Å². The number of likely N-dealkylation sites (N-methyl/N-ethyl adjacent to an activating group) is 2. The summed E-state index contributed by atoms with van der Waals surface area (Å²) < 4.78 is 10.5. The van der Waals surface area contributed by atoms with E-state index in [0.717, 1.165) is 25.8 Å². The van der Waals surface area contributed by atoms with Gasteiger partial charge in [0, 0.05) is 19.7 Å². The average Bonchev–Trinajstić information content (AvgIpc) is 2.74. The van der Waals surface area contributed by atoms with E-state index in [1.807, 2.05) is 25.8 Å². The van der Waals surface area contributed by atoms with Crippen molar-refractivity contribution >= 4 is 17.8 Å². The summed E-state index contributed by atoms with van der Waals surface area (Å²) in [4.78, 5) is 42.1. The fraction of sp³-hybridized carbons (Fsp3) is 0.783. The van der Waals surface area contributed by atoms with Crippen molar-refractivity contribution in [3.63, 3.8) is 0 Å². The van der Waals surface area contributed by atoms with Gasteiger partial charge in [0.25, 0.3) is 0 Å². The van der Waals surface area contributed by atoms with Crippen LogP contribution in [0.3, 0.4) is 0 Å². The second-order valence-electron chi connectivity index (χ2n) is 8.67. The zero-order valence-electron chi connectivity index (χ0n) is 20.4. The molecule has 8 heteroatoms. The fourth-order valence-corrected chi connectivity index (χ4v) is 3.86. The van der Waals surface area contributed by atoms with Crippen LogP contribution in [0.1, 0.15) is 53.9 Å². The van der Waals surface area contributed by atoms with E-state index in [9.17, 15) is 14.4 Å².